The van der Waals surface area contributed by atoms with Gasteiger partial charge in [-0.2, -0.15) is 0 Å². The lowest BCUT2D eigenvalue weighted by molar-refractivity contribution is 0.0997. The number of hydrogen-bond donors (Lipinski definition) is 2. The van der Waals surface area contributed by atoms with Gasteiger partial charge in [-0.25, -0.2) is 0 Å². The number of rotatable bonds is 3. The molecule has 0 spiro atoms. The van der Waals surface area contributed by atoms with Crippen molar-refractivity contribution in [3.8, 4) is 5.75 Å². The summed E-state index contributed by atoms with van der Waals surface area (Å²) in [5.41, 5.74) is 6.20. The van der Waals surface area contributed by atoms with Crippen molar-refractivity contribution in [2.45, 2.75) is 0 Å². The highest BCUT2D eigenvalue weighted by molar-refractivity contribution is 6.00. The van der Waals surface area contributed by atoms with Gasteiger partial charge in [-0.1, -0.05) is 0 Å². The Kier molecular flexibility index (Phi) is 2.01. The predicted octanol–water partition coefficient (Wildman–Crippen LogP) is 0.911. The maximum atomic E-state index is 11.2. The van der Waals surface area contributed by atoms with E-state index in [2.05, 4.69) is 4.98 Å². The number of Topliss-reactive ketones (excluding diaryl/α,β-unsaturated/α-hetero) is 1. The molecule has 0 saturated heterocycles. The fourth-order valence-electron chi connectivity index (χ4n) is 1.31. The zero-order valence-electron chi connectivity index (χ0n) is 7.66. The summed E-state index contributed by atoms with van der Waals surface area (Å²) in [5, 5.41) is 0.754. The molecule has 0 amide bonds. The van der Waals surface area contributed by atoms with Crippen LogP contribution in [-0.4, -0.2) is 24.4 Å². The van der Waals surface area contributed by atoms with E-state index in [-0.39, 0.29) is 12.3 Å². The smallest absolute Gasteiger partial charge is 0.208 e. The van der Waals surface area contributed by atoms with Crippen LogP contribution in [0.15, 0.2) is 16.7 Å². The molecule has 0 unspecified atom stereocenters. The van der Waals surface area contributed by atoms with Crippen molar-refractivity contribution in [1.29, 1.82) is 0 Å². The average Bonchev–Trinajstić information content (AvgIpc) is 2.74. The fraction of sp³-hybridized carbons (Fsp3) is 0.222. The predicted molar refractivity (Wildman–Crippen MR) is 50.5 cm³/mol. The molecule has 2 rings (SSSR count). The Morgan fingerprint density at radius 3 is 3.14 bits per heavy atom. The molecule has 2 aromatic rings. The van der Waals surface area contributed by atoms with Crippen LogP contribution in [0.25, 0.3) is 11.1 Å². The van der Waals surface area contributed by atoms with Crippen molar-refractivity contribution in [2.24, 2.45) is 5.73 Å². The Hall–Kier alpha value is -1.75. The first kappa shape index (κ1) is 8.83. The van der Waals surface area contributed by atoms with Crippen LogP contribution >= 0.6 is 0 Å². The van der Waals surface area contributed by atoms with E-state index >= 15 is 0 Å². The first-order valence-corrected chi connectivity index (χ1v) is 4.13. The molecule has 2 heterocycles. The molecule has 0 aliphatic carbocycles. The lowest BCUT2D eigenvalue weighted by Gasteiger charge is -1.91. The molecule has 0 bridgehead atoms. The monoisotopic (exact) mass is 194 g/mol. The second-order valence-electron chi connectivity index (χ2n) is 2.86. The van der Waals surface area contributed by atoms with Gasteiger partial charge in [0.15, 0.2) is 11.5 Å². The number of methoxy groups -OCH3 is 1. The molecule has 0 aromatic carbocycles. The molecular formula is C9H10N2O3. The summed E-state index contributed by atoms with van der Waals surface area (Å²) in [4.78, 5) is 14.1. The largest absolute Gasteiger partial charge is 0.493 e. The van der Waals surface area contributed by atoms with E-state index in [1.54, 1.807) is 13.2 Å². The number of ether oxygens (including phenoxy) is 1. The van der Waals surface area contributed by atoms with Crippen LogP contribution in [0.4, 0.5) is 0 Å². The summed E-state index contributed by atoms with van der Waals surface area (Å²) in [6.07, 6.45) is 1.48. The van der Waals surface area contributed by atoms with Crippen molar-refractivity contribution in [1.82, 2.24) is 4.98 Å². The third-order valence-corrected chi connectivity index (χ3v) is 2.04. The van der Waals surface area contributed by atoms with E-state index in [4.69, 9.17) is 14.9 Å². The van der Waals surface area contributed by atoms with E-state index < -0.39 is 0 Å². The zero-order valence-corrected chi connectivity index (χ0v) is 7.66. The Labute approximate surface area is 79.8 Å². The van der Waals surface area contributed by atoms with E-state index in [9.17, 15) is 4.79 Å². The molecule has 0 fully saturated rings. The normalized spacial score (nSPS) is 10.7. The molecule has 0 atom stereocenters. The number of aromatic amines is 1. The Bertz CT molecular complexity index is 469. The van der Waals surface area contributed by atoms with Crippen molar-refractivity contribution >= 4 is 16.9 Å². The highest BCUT2D eigenvalue weighted by Gasteiger charge is 2.13. The van der Waals surface area contributed by atoms with Gasteiger partial charge >= 0.3 is 0 Å². The Morgan fingerprint density at radius 1 is 1.71 bits per heavy atom. The number of carbonyl (C=O) groups is 1. The number of ketones is 1. The first-order valence-electron chi connectivity index (χ1n) is 4.13. The van der Waals surface area contributed by atoms with Gasteiger partial charge in [0.05, 0.1) is 24.7 Å². The van der Waals surface area contributed by atoms with Crippen molar-refractivity contribution < 1.29 is 13.9 Å². The van der Waals surface area contributed by atoms with Gasteiger partial charge in [0.1, 0.15) is 6.26 Å². The van der Waals surface area contributed by atoms with Crippen LogP contribution in [0.1, 0.15) is 10.5 Å². The topological polar surface area (TPSA) is 81.2 Å². The van der Waals surface area contributed by atoms with Gasteiger partial charge in [-0.3, -0.25) is 4.79 Å². The molecule has 5 nitrogen and oxygen atoms in total. The summed E-state index contributed by atoms with van der Waals surface area (Å²) in [7, 11) is 1.54. The minimum atomic E-state index is -0.154. The van der Waals surface area contributed by atoms with Gasteiger partial charge < -0.3 is 19.9 Å². The van der Waals surface area contributed by atoms with E-state index in [0.29, 0.717) is 17.2 Å². The Balaban J connectivity index is 2.52. The average molecular weight is 194 g/mol. The highest BCUT2D eigenvalue weighted by Crippen LogP contribution is 2.28. The van der Waals surface area contributed by atoms with Crippen LogP contribution < -0.4 is 10.5 Å². The molecule has 5 heteroatoms. The maximum absolute atomic E-state index is 11.2. The molecular weight excluding hydrogens is 184 g/mol. The number of carbonyl (C=O) groups excluding carboxylic acids is 1. The molecule has 0 aliphatic heterocycles. The first-order chi connectivity index (χ1) is 6.76. The fourth-order valence-corrected chi connectivity index (χ4v) is 1.31. The van der Waals surface area contributed by atoms with Gasteiger partial charge in [0.25, 0.3) is 0 Å². The minimum absolute atomic E-state index is 0.0224. The summed E-state index contributed by atoms with van der Waals surface area (Å²) >= 11 is 0. The lowest BCUT2D eigenvalue weighted by atomic mass is 10.2. The number of fused-ring (bicyclic) bond motifs is 1. The van der Waals surface area contributed by atoms with E-state index in [0.717, 1.165) is 5.39 Å². The molecule has 0 aliphatic rings. The number of H-pyrrole nitrogens is 1. The SMILES string of the molecule is COc1coc2[nH]c(C(=O)CN)cc12. The number of nitrogens with one attached hydrogen (secondary N) is 1. The van der Waals surface area contributed by atoms with Crippen LogP contribution in [0, 0.1) is 0 Å². The third kappa shape index (κ3) is 1.18. The van der Waals surface area contributed by atoms with Crippen LogP contribution in [-0.2, 0) is 0 Å². The van der Waals surface area contributed by atoms with Crippen LogP contribution in [0.3, 0.4) is 0 Å². The van der Waals surface area contributed by atoms with E-state index in [1.807, 2.05) is 0 Å². The Morgan fingerprint density at radius 2 is 2.50 bits per heavy atom. The summed E-state index contributed by atoms with van der Waals surface area (Å²) in [6.45, 7) is -0.0224. The van der Waals surface area contributed by atoms with Crippen molar-refractivity contribution in [3.05, 3.63) is 18.0 Å². The van der Waals surface area contributed by atoms with Gasteiger partial charge in [-0.15, -0.1) is 0 Å². The zero-order chi connectivity index (χ0) is 10.1. The second kappa shape index (κ2) is 3.19. The number of nitrogens with two attached hydrogens (primary N) is 1. The summed E-state index contributed by atoms with van der Waals surface area (Å²) in [5.74, 6) is 0.450. The second-order valence-corrected chi connectivity index (χ2v) is 2.86. The third-order valence-electron chi connectivity index (χ3n) is 2.04. The quantitative estimate of drug-likeness (QED) is 0.711. The summed E-state index contributed by atoms with van der Waals surface area (Å²) < 4.78 is 10.2. The summed E-state index contributed by atoms with van der Waals surface area (Å²) in [6, 6.07) is 1.67. The maximum Gasteiger partial charge on any atom is 0.208 e. The molecule has 74 valence electrons. The minimum Gasteiger partial charge on any atom is -0.493 e. The van der Waals surface area contributed by atoms with Crippen LogP contribution in [0.2, 0.25) is 0 Å². The number of aromatic nitrogens is 1. The number of hydrogen-bond acceptors (Lipinski definition) is 4. The van der Waals surface area contributed by atoms with Crippen molar-refractivity contribution in [2.75, 3.05) is 13.7 Å². The van der Waals surface area contributed by atoms with Crippen molar-refractivity contribution in [3.63, 3.8) is 0 Å². The van der Waals surface area contributed by atoms with Crippen LogP contribution in [0.5, 0.6) is 5.75 Å². The van der Waals surface area contributed by atoms with Gasteiger partial charge in [0.2, 0.25) is 5.71 Å². The molecule has 0 radical (unpaired) electrons. The molecule has 3 N–H and O–H groups in total. The van der Waals surface area contributed by atoms with Gasteiger partial charge in [-0.05, 0) is 6.07 Å². The van der Waals surface area contributed by atoms with Gasteiger partial charge in [0, 0.05) is 0 Å². The molecule has 14 heavy (non-hydrogen) atoms. The lowest BCUT2D eigenvalue weighted by Crippen LogP contribution is -2.13. The molecule has 2 aromatic heterocycles. The molecule has 0 saturated carbocycles. The standard InChI is InChI=1S/C9H10N2O3/c1-13-8-4-14-9-5(8)2-6(11-9)7(12)3-10/h2,4,11H,3,10H2,1H3. The number of furan rings is 1. The highest BCUT2D eigenvalue weighted by atomic mass is 16.5. The van der Waals surface area contributed by atoms with E-state index in [1.165, 1.54) is 6.26 Å².